The molecule has 14 heteroatoms. The van der Waals surface area contributed by atoms with Crippen molar-refractivity contribution in [3.63, 3.8) is 0 Å². The Balaban J connectivity index is 2.16. The quantitative estimate of drug-likeness (QED) is 0.165. The van der Waals surface area contributed by atoms with Crippen molar-refractivity contribution in [2.24, 2.45) is 5.92 Å². The van der Waals surface area contributed by atoms with E-state index >= 15 is 0 Å². The molecule has 1 aliphatic heterocycles. The molecule has 1 saturated heterocycles. The molecule has 1 aliphatic rings. The summed E-state index contributed by atoms with van der Waals surface area (Å²) in [6, 6.07) is 4.20. The molecule has 14 nitrogen and oxygen atoms in total. The fourth-order valence-corrected chi connectivity index (χ4v) is 3.97. The Labute approximate surface area is 238 Å². The van der Waals surface area contributed by atoms with E-state index in [1.807, 2.05) is 27.7 Å². The van der Waals surface area contributed by atoms with E-state index in [1.165, 1.54) is 19.1 Å². The van der Waals surface area contributed by atoms with Crippen molar-refractivity contribution in [3.8, 4) is 5.75 Å². The highest BCUT2D eigenvalue weighted by Crippen LogP contribution is 2.30. The van der Waals surface area contributed by atoms with Gasteiger partial charge >= 0.3 is 11.9 Å². The van der Waals surface area contributed by atoms with Crippen molar-refractivity contribution in [2.45, 2.75) is 84.6 Å². The first-order valence-electron chi connectivity index (χ1n) is 13.3. The normalized spacial score (nSPS) is 19.3. The van der Waals surface area contributed by atoms with Crippen LogP contribution in [-0.2, 0) is 40.1 Å². The van der Waals surface area contributed by atoms with E-state index in [0.29, 0.717) is 5.56 Å². The Kier molecular flexibility index (Phi) is 13.0. The molecule has 1 heterocycles. The van der Waals surface area contributed by atoms with Crippen LogP contribution in [0.5, 0.6) is 5.75 Å². The van der Waals surface area contributed by atoms with Gasteiger partial charge in [0.05, 0.1) is 24.4 Å². The predicted molar refractivity (Wildman–Crippen MR) is 146 cm³/mol. The third-order valence-corrected chi connectivity index (χ3v) is 5.88. The number of nitrogens with one attached hydrogen (secondary N) is 4. The lowest BCUT2D eigenvalue weighted by atomic mass is 10.0. The minimum absolute atomic E-state index is 0.00823. The van der Waals surface area contributed by atoms with Gasteiger partial charge in [-0.1, -0.05) is 33.8 Å². The number of amides is 3. The molecule has 41 heavy (non-hydrogen) atoms. The smallest absolute Gasteiger partial charge is 0.322 e. The van der Waals surface area contributed by atoms with E-state index in [-0.39, 0.29) is 55.3 Å². The Morgan fingerprint density at radius 1 is 1.05 bits per heavy atom. The van der Waals surface area contributed by atoms with Crippen molar-refractivity contribution in [2.75, 3.05) is 18.4 Å². The van der Waals surface area contributed by atoms with Crippen LogP contribution in [0.15, 0.2) is 18.2 Å². The van der Waals surface area contributed by atoms with Crippen LogP contribution in [0.1, 0.15) is 53.0 Å². The zero-order chi connectivity index (χ0) is 30.7. The molecule has 0 radical (unpaired) electrons. The minimum atomic E-state index is -1.24. The molecule has 0 saturated carbocycles. The second kappa shape index (κ2) is 15.9. The van der Waals surface area contributed by atoms with Gasteiger partial charge in [-0.2, -0.15) is 0 Å². The molecule has 0 aromatic heterocycles. The number of anilines is 1. The molecule has 0 aliphatic carbocycles. The molecule has 1 fully saturated rings. The summed E-state index contributed by atoms with van der Waals surface area (Å²) in [7, 11) is 0. The number of benzene rings is 1. The van der Waals surface area contributed by atoms with E-state index in [9.17, 15) is 29.1 Å². The van der Waals surface area contributed by atoms with Gasteiger partial charge in [0.15, 0.2) is 0 Å². The van der Waals surface area contributed by atoms with Crippen LogP contribution in [0.3, 0.4) is 0 Å². The van der Waals surface area contributed by atoms with Crippen LogP contribution in [0.2, 0.25) is 0 Å². The summed E-state index contributed by atoms with van der Waals surface area (Å²) < 4.78 is 16.6. The highest BCUT2D eigenvalue weighted by Gasteiger charge is 2.34. The SMILES string of the molecule is CC(=O)OCc1ccc(NC(=O)CNC(=O)C(NC(C)C)C(C)C)c(OC2CC(O)CC(C(=O)NCC(=O)O)O2)c1. The van der Waals surface area contributed by atoms with Gasteiger partial charge in [0.25, 0.3) is 0 Å². The molecule has 4 unspecified atom stereocenters. The van der Waals surface area contributed by atoms with Crippen LogP contribution in [0, 0.1) is 5.92 Å². The lowest BCUT2D eigenvalue weighted by Crippen LogP contribution is -2.51. The summed E-state index contributed by atoms with van der Waals surface area (Å²) in [4.78, 5) is 59.8. The maximum atomic E-state index is 12.8. The minimum Gasteiger partial charge on any atom is -0.480 e. The standard InChI is InChI=1S/C27H40N4O10/c1-14(2)25(30-15(3)4)27(38)28-11-22(34)31-19-7-6-17(13-39-16(5)32)8-20(19)40-24-10-18(33)9-21(41-24)26(37)29-12-23(35)36/h6-8,14-15,18,21,24-25,30,33H,9-13H2,1-5H3,(H,28,38)(H,29,37)(H,31,34)(H,35,36). The number of esters is 1. The van der Waals surface area contributed by atoms with Gasteiger partial charge < -0.3 is 45.7 Å². The third-order valence-electron chi connectivity index (χ3n) is 5.88. The van der Waals surface area contributed by atoms with Gasteiger partial charge in [-0.05, 0) is 23.6 Å². The number of aliphatic carboxylic acids is 1. The number of hydrogen-bond acceptors (Lipinski definition) is 10. The van der Waals surface area contributed by atoms with E-state index < -0.39 is 54.8 Å². The molecule has 3 amide bonds. The zero-order valence-corrected chi connectivity index (χ0v) is 23.9. The van der Waals surface area contributed by atoms with Crippen molar-refractivity contribution >= 4 is 35.3 Å². The number of aliphatic hydroxyl groups is 1. The molecule has 2 rings (SSSR count). The van der Waals surface area contributed by atoms with Crippen LogP contribution in [0.25, 0.3) is 0 Å². The monoisotopic (exact) mass is 580 g/mol. The lowest BCUT2D eigenvalue weighted by Gasteiger charge is -2.32. The number of carboxylic acid groups (broad SMARTS) is 1. The first kappa shape index (κ1) is 33.5. The van der Waals surface area contributed by atoms with Crippen LogP contribution >= 0.6 is 0 Å². The molecule has 228 valence electrons. The summed E-state index contributed by atoms with van der Waals surface area (Å²) in [6.07, 6.45) is -3.37. The van der Waals surface area contributed by atoms with Crippen molar-refractivity contribution < 1.29 is 48.4 Å². The number of hydrogen-bond donors (Lipinski definition) is 6. The second-order valence-electron chi connectivity index (χ2n) is 10.3. The molecule has 1 aromatic carbocycles. The van der Waals surface area contributed by atoms with Gasteiger partial charge in [-0.25, -0.2) is 0 Å². The van der Waals surface area contributed by atoms with E-state index in [1.54, 1.807) is 6.07 Å². The predicted octanol–water partition coefficient (Wildman–Crippen LogP) is 0.273. The second-order valence-corrected chi connectivity index (χ2v) is 10.3. The summed E-state index contributed by atoms with van der Waals surface area (Å²) in [6.45, 7) is 7.87. The van der Waals surface area contributed by atoms with Crippen LogP contribution in [-0.4, -0.2) is 83.5 Å². The zero-order valence-electron chi connectivity index (χ0n) is 23.9. The van der Waals surface area contributed by atoms with Gasteiger partial charge in [0.2, 0.25) is 24.0 Å². The average Bonchev–Trinajstić information content (AvgIpc) is 2.88. The van der Waals surface area contributed by atoms with Crippen molar-refractivity contribution in [3.05, 3.63) is 23.8 Å². The van der Waals surface area contributed by atoms with E-state index in [0.717, 1.165) is 0 Å². The Morgan fingerprint density at radius 3 is 2.37 bits per heavy atom. The number of carbonyl (C=O) groups is 5. The molecule has 0 spiro atoms. The summed E-state index contributed by atoms with van der Waals surface area (Å²) in [5, 5.41) is 29.8. The Morgan fingerprint density at radius 2 is 1.76 bits per heavy atom. The first-order chi connectivity index (χ1) is 19.2. The summed E-state index contributed by atoms with van der Waals surface area (Å²) in [5.74, 6) is -3.24. The molecule has 1 aromatic rings. The van der Waals surface area contributed by atoms with Crippen LogP contribution < -0.4 is 26.0 Å². The van der Waals surface area contributed by atoms with Crippen molar-refractivity contribution in [1.29, 1.82) is 0 Å². The number of carbonyl (C=O) groups excluding carboxylic acids is 4. The first-order valence-corrected chi connectivity index (χ1v) is 13.3. The fourth-order valence-electron chi connectivity index (χ4n) is 3.97. The Hall–Kier alpha value is -3.75. The lowest BCUT2D eigenvalue weighted by molar-refractivity contribution is -0.184. The number of ether oxygens (including phenoxy) is 3. The number of carboxylic acids is 1. The number of rotatable bonds is 14. The van der Waals surface area contributed by atoms with E-state index in [2.05, 4.69) is 21.3 Å². The van der Waals surface area contributed by atoms with Crippen LogP contribution in [0.4, 0.5) is 5.69 Å². The largest absolute Gasteiger partial charge is 0.480 e. The van der Waals surface area contributed by atoms with E-state index in [4.69, 9.17) is 19.3 Å². The van der Waals surface area contributed by atoms with Gasteiger partial charge in [0.1, 0.15) is 25.0 Å². The summed E-state index contributed by atoms with van der Waals surface area (Å²) in [5.41, 5.74) is 0.722. The number of aliphatic hydroxyl groups excluding tert-OH is 1. The maximum Gasteiger partial charge on any atom is 0.322 e. The highest BCUT2D eigenvalue weighted by molar-refractivity contribution is 5.96. The molecular formula is C27H40N4O10. The molecular weight excluding hydrogens is 540 g/mol. The topological polar surface area (TPSA) is 202 Å². The van der Waals surface area contributed by atoms with Gasteiger partial charge in [-0.15, -0.1) is 0 Å². The highest BCUT2D eigenvalue weighted by atomic mass is 16.7. The van der Waals surface area contributed by atoms with Gasteiger partial charge in [-0.3, -0.25) is 24.0 Å². The fraction of sp³-hybridized carbons (Fsp3) is 0.593. The third kappa shape index (κ3) is 11.7. The molecule has 0 bridgehead atoms. The maximum absolute atomic E-state index is 12.8. The van der Waals surface area contributed by atoms with Crippen molar-refractivity contribution in [1.82, 2.24) is 16.0 Å². The Bertz CT molecular complexity index is 1090. The molecule has 4 atom stereocenters. The van der Waals surface area contributed by atoms with Gasteiger partial charge in [0, 0.05) is 25.8 Å². The average molecular weight is 581 g/mol. The molecule has 6 N–H and O–H groups in total. The summed E-state index contributed by atoms with van der Waals surface area (Å²) >= 11 is 0.